The molecule has 0 saturated carbocycles. The number of anilines is 1. The fraction of sp³-hybridized carbons (Fsp3) is 0.143. The topological polar surface area (TPSA) is 82.3 Å². The van der Waals surface area contributed by atoms with Crippen LogP contribution in [-0.4, -0.2) is 27.1 Å². The van der Waals surface area contributed by atoms with E-state index in [9.17, 15) is 8.42 Å². The molecule has 0 atom stereocenters. The summed E-state index contributed by atoms with van der Waals surface area (Å²) >= 11 is 0. The van der Waals surface area contributed by atoms with Crippen LogP contribution >= 0.6 is 0 Å². The maximum Gasteiger partial charge on any atom is 0.294 e. The highest BCUT2D eigenvalue weighted by Gasteiger charge is 2.07. The number of hydrogen-bond donors (Lipinski definition) is 1. The molecule has 0 aliphatic heterocycles. The third kappa shape index (κ3) is 4.11. The molecule has 110 valence electrons. The minimum absolute atomic E-state index is 0.170. The third-order valence-electron chi connectivity index (χ3n) is 2.78. The summed E-state index contributed by atoms with van der Waals surface area (Å²) in [6, 6.07) is 13.0. The molecule has 7 heteroatoms. The molecule has 2 aromatic carbocycles. The van der Waals surface area contributed by atoms with Crippen molar-refractivity contribution in [1.29, 1.82) is 0 Å². The van der Waals surface area contributed by atoms with Crippen molar-refractivity contribution in [2.24, 2.45) is 10.2 Å². The van der Waals surface area contributed by atoms with Gasteiger partial charge in [0, 0.05) is 19.8 Å². The lowest BCUT2D eigenvalue weighted by molar-refractivity contribution is 0.483. The van der Waals surface area contributed by atoms with Gasteiger partial charge in [0.1, 0.15) is 0 Å². The Bertz CT molecular complexity index is 736. The molecule has 21 heavy (non-hydrogen) atoms. The molecule has 0 aliphatic carbocycles. The summed E-state index contributed by atoms with van der Waals surface area (Å²) < 4.78 is 30.7. The van der Waals surface area contributed by atoms with Crippen LogP contribution in [0.4, 0.5) is 17.1 Å². The van der Waals surface area contributed by atoms with Gasteiger partial charge in [-0.15, -0.1) is 0 Å². The largest absolute Gasteiger partial charge is 0.378 e. The Balaban J connectivity index is 2.14. The predicted octanol–water partition coefficient (Wildman–Crippen LogP) is 3.41. The molecule has 6 nitrogen and oxygen atoms in total. The lowest BCUT2D eigenvalue weighted by Crippen LogP contribution is -2.07. The zero-order valence-electron chi connectivity index (χ0n) is 11.6. The molecule has 0 spiro atoms. The van der Waals surface area contributed by atoms with Crippen molar-refractivity contribution in [1.82, 2.24) is 0 Å². The van der Waals surface area contributed by atoms with E-state index in [0.717, 1.165) is 5.69 Å². The van der Waals surface area contributed by atoms with Gasteiger partial charge in [0.15, 0.2) is 0 Å². The molecule has 0 unspecified atom stereocenters. The average molecular weight is 305 g/mol. The van der Waals surface area contributed by atoms with E-state index in [1.54, 1.807) is 0 Å². The van der Waals surface area contributed by atoms with E-state index >= 15 is 0 Å². The van der Waals surface area contributed by atoms with Gasteiger partial charge in [0.05, 0.1) is 16.3 Å². The standard InChI is InChI=1S/C14H15N3O3S/c1-17(2)13-7-3-11(4-8-13)15-16-12-5-9-14(10-6-12)21(18,19)20/h3-10H,1-2H3,(H,18,19,20)/b16-15+. The zero-order valence-corrected chi connectivity index (χ0v) is 12.4. The SMILES string of the molecule is CN(C)c1ccc(/N=N/c2ccc(S(=O)(=O)O)cc2)cc1. The van der Waals surface area contributed by atoms with Gasteiger partial charge in [-0.1, -0.05) is 0 Å². The Morgan fingerprint density at radius 3 is 1.67 bits per heavy atom. The number of benzene rings is 2. The number of azo groups is 1. The summed E-state index contributed by atoms with van der Waals surface area (Å²) in [5.41, 5.74) is 2.25. The van der Waals surface area contributed by atoms with E-state index in [4.69, 9.17) is 4.55 Å². The van der Waals surface area contributed by atoms with Gasteiger partial charge in [-0.25, -0.2) is 0 Å². The minimum Gasteiger partial charge on any atom is -0.378 e. The summed E-state index contributed by atoms with van der Waals surface area (Å²) in [6.07, 6.45) is 0. The maximum atomic E-state index is 10.9. The lowest BCUT2D eigenvalue weighted by Gasteiger charge is -2.11. The quantitative estimate of drug-likeness (QED) is 0.693. The molecule has 0 radical (unpaired) electrons. The van der Waals surface area contributed by atoms with Crippen LogP contribution < -0.4 is 4.90 Å². The molecule has 2 rings (SSSR count). The summed E-state index contributed by atoms with van der Waals surface area (Å²) in [4.78, 5) is 1.81. The van der Waals surface area contributed by atoms with Crippen LogP contribution in [0, 0.1) is 0 Å². The smallest absolute Gasteiger partial charge is 0.294 e. The Morgan fingerprint density at radius 2 is 1.29 bits per heavy atom. The Hall–Kier alpha value is -2.25. The highest BCUT2D eigenvalue weighted by atomic mass is 32.2. The minimum atomic E-state index is -4.18. The Morgan fingerprint density at radius 1 is 0.857 bits per heavy atom. The van der Waals surface area contributed by atoms with Gasteiger partial charge in [-0.05, 0) is 48.5 Å². The summed E-state index contributed by atoms with van der Waals surface area (Å²) in [5, 5.41) is 8.07. The van der Waals surface area contributed by atoms with Gasteiger partial charge in [0.25, 0.3) is 10.1 Å². The number of rotatable bonds is 4. The van der Waals surface area contributed by atoms with Crippen LogP contribution in [-0.2, 0) is 10.1 Å². The van der Waals surface area contributed by atoms with Crippen molar-refractivity contribution in [3.05, 3.63) is 48.5 Å². The molecule has 0 amide bonds. The van der Waals surface area contributed by atoms with Crippen molar-refractivity contribution in [2.45, 2.75) is 4.90 Å². The van der Waals surface area contributed by atoms with Gasteiger partial charge in [-0.3, -0.25) is 4.55 Å². The highest BCUT2D eigenvalue weighted by molar-refractivity contribution is 7.85. The zero-order chi connectivity index (χ0) is 15.5. The van der Waals surface area contributed by atoms with E-state index in [-0.39, 0.29) is 4.90 Å². The Kier molecular flexibility index (Phi) is 4.35. The van der Waals surface area contributed by atoms with Crippen LogP contribution in [0.15, 0.2) is 63.7 Å². The summed E-state index contributed by atoms with van der Waals surface area (Å²) in [5.74, 6) is 0. The molecule has 0 aliphatic rings. The first-order valence-corrected chi connectivity index (χ1v) is 7.57. The Labute approximate surface area is 123 Å². The van der Waals surface area contributed by atoms with E-state index in [0.29, 0.717) is 11.4 Å². The number of hydrogen-bond acceptors (Lipinski definition) is 5. The van der Waals surface area contributed by atoms with Crippen LogP contribution in [0.3, 0.4) is 0 Å². The van der Waals surface area contributed by atoms with E-state index in [1.807, 2.05) is 43.3 Å². The molecule has 2 aromatic rings. The summed E-state index contributed by atoms with van der Waals surface area (Å²) in [6.45, 7) is 0. The van der Waals surface area contributed by atoms with Gasteiger partial charge in [0.2, 0.25) is 0 Å². The van der Waals surface area contributed by atoms with Gasteiger partial charge >= 0.3 is 0 Å². The van der Waals surface area contributed by atoms with Crippen molar-refractivity contribution in [3.8, 4) is 0 Å². The van der Waals surface area contributed by atoms with E-state index in [2.05, 4.69) is 10.2 Å². The molecule has 1 N–H and O–H groups in total. The molecule has 0 saturated heterocycles. The first-order valence-electron chi connectivity index (χ1n) is 6.13. The van der Waals surface area contributed by atoms with Crippen molar-refractivity contribution in [2.75, 3.05) is 19.0 Å². The number of nitrogens with zero attached hydrogens (tertiary/aromatic N) is 3. The molecule has 0 fully saturated rings. The molecule has 0 bridgehead atoms. The summed E-state index contributed by atoms with van der Waals surface area (Å²) in [7, 11) is -0.273. The van der Waals surface area contributed by atoms with Crippen LogP contribution in [0.25, 0.3) is 0 Å². The first-order chi connectivity index (χ1) is 9.86. The first kappa shape index (κ1) is 15.1. The van der Waals surface area contributed by atoms with Crippen LogP contribution in [0.2, 0.25) is 0 Å². The van der Waals surface area contributed by atoms with Crippen molar-refractivity contribution >= 4 is 27.2 Å². The molecular formula is C14H15N3O3S. The molecule has 0 heterocycles. The highest BCUT2D eigenvalue weighted by Crippen LogP contribution is 2.22. The molecular weight excluding hydrogens is 290 g/mol. The lowest BCUT2D eigenvalue weighted by atomic mass is 10.3. The maximum absolute atomic E-state index is 10.9. The van der Waals surface area contributed by atoms with Gasteiger partial charge in [-0.2, -0.15) is 18.6 Å². The third-order valence-corrected chi connectivity index (χ3v) is 3.65. The average Bonchev–Trinajstić information content (AvgIpc) is 2.45. The normalized spacial score (nSPS) is 11.8. The molecule has 0 aromatic heterocycles. The van der Waals surface area contributed by atoms with Gasteiger partial charge < -0.3 is 4.90 Å². The van der Waals surface area contributed by atoms with E-state index in [1.165, 1.54) is 24.3 Å². The second-order valence-corrected chi connectivity index (χ2v) is 6.00. The van der Waals surface area contributed by atoms with Crippen LogP contribution in [0.1, 0.15) is 0 Å². The monoisotopic (exact) mass is 305 g/mol. The second kappa shape index (κ2) is 6.02. The fourth-order valence-electron chi connectivity index (χ4n) is 1.62. The van der Waals surface area contributed by atoms with Crippen LogP contribution in [0.5, 0.6) is 0 Å². The second-order valence-electron chi connectivity index (χ2n) is 4.58. The van der Waals surface area contributed by atoms with E-state index < -0.39 is 10.1 Å². The predicted molar refractivity (Wildman–Crippen MR) is 81.2 cm³/mol. The van der Waals surface area contributed by atoms with Crippen molar-refractivity contribution in [3.63, 3.8) is 0 Å². The fourth-order valence-corrected chi connectivity index (χ4v) is 2.10. The van der Waals surface area contributed by atoms with Crippen molar-refractivity contribution < 1.29 is 13.0 Å².